The van der Waals surface area contributed by atoms with Gasteiger partial charge in [0.05, 0.1) is 0 Å². The first-order valence-corrected chi connectivity index (χ1v) is 6.88. The Balaban J connectivity index is 1.65. The Morgan fingerprint density at radius 2 is 2.12 bits per heavy atom. The predicted octanol–water partition coefficient (Wildman–Crippen LogP) is 1.75. The van der Waals surface area contributed by atoms with Crippen molar-refractivity contribution in [3.05, 3.63) is 0 Å². The maximum absolute atomic E-state index is 3.68. The molecule has 2 heterocycles. The summed E-state index contributed by atoms with van der Waals surface area (Å²) in [6.45, 7) is 5.90. The van der Waals surface area contributed by atoms with Crippen molar-refractivity contribution in [2.24, 2.45) is 5.92 Å². The van der Waals surface area contributed by atoms with Gasteiger partial charge in [0.1, 0.15) is 0 Å². The van der Waals surface area contributed by atoms with E-state index in [1.54, 1.807) is 0 Å². The molecule has 2 fully saturated rings. The van der Waals surface area contributed by atoms with Crippen molar-refractivity contribution < 1.29 is 0 Å². The number of nitrogens with zero attached hydrogens (tertiary/aromatic N) is 1. The highest BCUT2D eigenvalue weighted by atomic mass is 15.5. The minimum atomic E-state index is 0.712. The van der Waals surface area contributed by atoms with Crippen molar-refractivity contribution in [2.45, 2.75) is 64.1 Å². The lowest BCUT2D eigenvalue weighted by molar-refractivity contribution is 0.253. The third-order valence-electron chi connectivity index (χ3n) is 4.29. The molecule has 0 amide bonds. The molecule has 2 N–H and O–H groups in total. The third kappa shape index (κ3) is 3.19. The van der Waals surface area contributed by atoms with E-state index in [1.165, 1.54) is 38.6 Å². The van der Waals surface area contributed by atoms with E-state index in [0.717, 1.165) is 18.0 Å². The molecule has 0 radical (unpaired) electrons. The van der Waals surface area contributed by atoms with E-state index in [0.29, 0.717) is 6.04 Å². The van der Waals surface area contributed by atoms with Gasteiger partial charge in [0.2, 0.25) is 0 Å². The van der Waals surface area contributed by atoms with Gasteiger partial charge in [-0.1, -0.05) is 6.92 Å². The van der Waals surface area contributed by atoms with Gasteiger partial charge in [-0.2, -0.15) is 0 Å². The minimum Gasteiger partial charge on any atom is -0.312 e. The number of hydrazine groups is 1. The number of hydrogen-bond acceptors (Lipinski definition) is 3. The SMILES string of the molecule is CC1CCC(CCC(C)C2CCN(C)N2)N1. The Bertz CT molecular complexity index is 219. The van der Waals surface area contributed by atoms with Crippen molar-refractivity contribution in [1.29, 1.82) is 0 Å². The van der Waals surface area contributed by atoms with Crippen LogP contribution in [0, 0.1) is 5.92 Å². The smallest absolute Gasteiger partial charge is 0.0253 e. The lowest BCUT2D eigenvalue weighted by Gasteiger charge is -2.22. The lowest BCUT2D eigenvalue weighted by atomic mass is 9.93. The van der Waals surface area contributed by atoms with Gasteiger partial charge in [-0.25, -0.2) is 5.01 Å². The molecule has 4 atom stereocenters. The Labute approximate surface area is 99.9 Å². The summed E-state index contributed by atoms with van der Waals surface area (Å²) >= 11 is 0. The topological polar surface area (TPSA) is 27.3 Å². The molecule has 3 nitrogen and oxygen atoms in total. The minimum absolute atomic E-state index is 0.712. The predicted molar refractivity (Wildman–Crippen MR) is 68.2 cm³/mol. The largest absolute Gasteiger partial charge is 0.312 e. The second kappa shape index (κ2) is 5.48. The van der Waals surface area contributed by atoms with Crippen LogP contribution in [0.5, 0.6) is 0 Å². The summed E-state index contributed by atoms with van der Waals surface area (Å²) in [4.78, 5) is 0. The molecule has 16 heavy (non-hydrogen) atoms. The van der Waals surface area contributed by atoms with Crippen LogP contribution < -0.4 is 10.7 Å². The summed E-state index contributed by atoms with van der Waals surface area (Å²) in [7, 11) is 2.15. The van der Waals surface area contributed by atoms with Gasteiger partial charge >= 0.3 is 0 Å². The first-order valence-electron chi connectivity index (χ1n) is 6.88. The van der Waals surface area contributed by atoms with Crippen molar-refractivity contribution in [2.75, 3.05) is 13.6 Å². The Morgan fingerprint density at radius 1 is 1.31 bits per heavy atom. The lowest BCUT2D eigenvalue weighted by Crippen LogP contribution is -2.36. The van der Waals surface area contributed by atoms with Crippen molar-refractivity contribution in [3.8, 4) is 0 Å². The highest BCUT2D eigenvalue weighted by Crippen LogP contribution is 2.22. The monoisotopic (exact) mass is 225 g/mol. The van der Waals surface area contributed by atoms with Crippen LogP contribution in [0.15, 0.2) is 0 Å². The maximum atomic E-state index is 3.68. The van der Waals surface area contributed by atoms with Gasteiger partial charge in [0.25, 0.3) is 0 Å². The fourth-order valence-corrected chi connectivity index (χ4v) is 3.07. The maximum Gasteiger partial charge on any atom is 0.0253 e. The van der Waals surface area contributed by atoms with Gasteiger partial charge < -0.3 is 5.32 Å². The molecule has 0 aromatic heterocycles. The molecule has 0 aliphatic carbocycles. The Morgan fingerprint density at radius 3 is 2.69 bits per heavy atom. The molecular weight excluding hydrogens is 198 g/mol. The van der Waals surface area contributed by atoms with E-state index in [9.17, 15) is 0 Å². The molecule has 4 unspecified atom stereocenters. The zero-order chi connectivity index (χ0) is 11.5. The molecule has 0 bridgehead atoms. The summed E-state index contributed by atoms with van der Waals surface area (Å²) in [5.74, 6) is 0.808. The quantitative estimate of drug-likeness (QED) is 0.763. The summed E-state index contributed by atoms with van der Waals surface area (Å²) in [5, 5.41) is 5.91. The number of hydrogen-bond donors (Lipinski definition) is 2. The summed E-state index contributed by atoms with van der Waals surface area (Å²) < 4.78 is 0. The Hall–Kier alpha value is -0.120. The van der Waals surface area contributed by atoms with Crippen LogP contribution >= 0.6 is 0 Å². The van der Waals surface area contributed by atoms with Gasteiger partial charge in [0, 0.05) is 31.7 Å². The normalized spacial score (nSPS) is 38.1. The first kappa shape index (κ1) is 12.3. The summed E-state index contributed by atoms with van der Waals surface area (Å²) in [5.41, 5.74) is 3.55. The Kier molecular flexibility index (Phi) is 4.22. The van der Waals surface area contributed by atoms with Crippen LogP contribution in [0.4, 0.5) is 0 Å². The van der Waals surface area contributed by atoms with Crippen LogP contribution in [0.2, 0.25) is 0 Å². The summed E-state index contributed by atoms with van der Waals surface area (Å²) in [6.07, 6.45) is 6.77. The highest BCUT2D eigenvalue weighted by molar-refractivity contribution is 4.83. The van der Waals surface area contributed by atoms with Gasteiger partial charge in [-0.05, 0) is 44.9 Å². The second-order valence-corrected chi connectivity index (χ2v) is 5.84. The molecule has 0 aromatic carbocycles. The second-order valence-electron chi connectivity index (χ2n) is 5.84. The van der Waals surface area contributed by atoms with E-state index >= 15 is 0 Å². The van der Waals surface area contributed by atoms with Crippen LogP contribution in [0.3, 0.4) is 0 Å². The first-order chi connectivity index (χ1) is 7.65. The molecule has 0 aromatic rings. The molecule has 2 aliphatic heterocycles. The zero-order valence-corrected chi connectivity index (χ0v) is 11.0. The third-order valence-corrected chi connectivity index (χ3v) is 4.29. The van der Waals surface area contributed by atoms with E-state index in [4.69, 9.17) is 0 Å². The molecule has 0 spiro atoms. The molecule has 2 aliphatic rings. The fourth-order valence-electron chi connectivity index (χ4n) is 3.07. The molecule has 2 rings (SSSR count). The fraction of sp³-hybridized carbons (Fsp3) is 1.00. The van der Waals surface area contributed by atoms with Crippen LogP contribution in [-0.2, 0) is 0 Å². The highest BCUT2D eigenvalue weighted by Gasteiger charge is 2.26. The number of nitrogens with one attached hydrogen (secondary N) is 2. The van der Waals surface area contributed by atoms with Crippen LogP contribution in [0.1, 0.15) is 46.0 Å². The van der Waals surface area contributed by atoms with Crippen LogP contribution in [-0.4, -0.2) is 36.7 Å². The molecule has 3 heteroatoms. The molecular formula is C13H27N3. The molecule has 0 saturated carbocycles. The zero-order valence-electron chi connectivity index (χ0n) is 11.0. The summed E-state index contributed by atoms with van der Waals surface area (Å²) in [6, 6.07) is 2.25. The van der Waals surface area contributed by atoms with Gasteiger partial charge in [-0.3, -0.25) is 5.43 Å². The standard InChI is InChI=1S/C13H27N3/c1-10(13-8-9-16(3)15-13)4-6-12-7-5-11(2)14-12/h10-15H,4-9H2,1-3H3. The molecule has 94 valence electrons. The van der Waals surface area contributed by atoms with Crippen molar-refractivity contribution >= 4 is 0 Å². The van der Waals surface area contributed by atoms with E-state index in [1.807, 2.05) is 0 Å². The van der Waals surface area contributed by atoms with Gasteiger partial charge in [-0.15, -0.1) is 0 Å². The average Bonchev–Trinajstić information content (AvgIpc) is 2.84. The van der Waals surface area contributed by atoms with E-state index < -0.39 is 0 Å². The molecule has 2 saturated heterocycles. The number of rotatable bonds is 4. The van der Waals surface area contributed by atoms with E-state index in [-0.39, 0.29) is 0 Å². The van der Waals surface area contributed by atoms with Crippen molar-refractivity contribution in [3.63, 3.8) is 0 Å². The van der Waals surface area contributed by atoms with E-state index in [2.05, 4.69) is 36.6 Å². The van der Waals surface area contributed by atoms with Crippen LogP contribution in [0.25, 0.3) is 0 Å². The van der Waals surface area contributed by atoms with Crippen molar-refractivity contribution in [1.82, 2.24) is 15.8 Å². The van der Waals surface area contributed by atoms with Gasteiger partial charge in [0.15, 0.2) is 0 Å². The average molecular weight is 225 g/mol.